The van der Waals surface area contributed by atoms with E-state index in [4.69, 9.17) is 10.4 Å². The molecule has 0 aromatic rings. The van der Waals surface area contributed by atoms with Crippen molar-refractivity contribution in [1.29, 1.82) is 5.26 Å². The number of carboxylic acids is 1. The minimum atomic E-state index is -0.769. The van der Waals surface area contributed by atoms with Gasteiger partial charge in [0.15, 0.2) is 0 Å². The minimum absolute atomic E-state index is 0.00194. The van der Waals surface area contributed by atoms with Crippen LogP contribution in [0.3, 0.4) is 0 Å². The number of thioether (sulfide) groups is 1. The van der Waals surface area contributed by atoms with Gasteiger partial charge in [-0.15, -0.1) is 11.8 Å². The number of hydrogen-bond donors (Lipinski definition) is 1. The fourth-order valence-electron chi connectivity index (χ4n) is 1.77. The fraction of sp³-hybridized carbons (Fsp3) is 0.600. The molecule has 3 nitrogen and oxygen atoms in total. The highest BCUT2D eigenvalue weighted by Gasteiger charge is 2.61. The molecule has 0 saturated heterocycles. The zero-order chi connectivity index (χ0) is 10.9. The van der Waals surface area contributed by atoms with E-state index in [1.165, 1.54) is 11.8 Å². The molecule has 1 aliphatic rings. The maximum absolute atomic E-state index is 10.8. The monoisotopic (exact) mass is 211 g/mol. The quantitative estimate of drug-likeness (QED) is 0.726. The van der Waals surface area contributed by atoms with Crippen LogP contribution in [0, 0.1) is 28.6 Å². The Kier molecular flexibility index (Phi) is 2.91. The summed E-state index contributed by atoms with van der Waals surface area (Å²) in [4.78, 5) is 11.4. The molecule has 1 N–H and O–H groups in total. The van der Waals surface area contributed by atoms with Gasteiger partial charge in [-0.05, 0) is 17.6 Å². The minimum Gasteiger partial charge on any atom is -0.481 e. The number of rotatable bonds is 3. The van der Waals surface area contributed by atoms with E-state index in [0.29, 0.717) is 4.91 Å². The van der Waals surface area contributed by atoms with Crippen molar-refractivity contribution in [2.24, 2.45) is 17.3 Å². The average Bonchev–Trinajstić information content (AvgIpc) is 2.63. The summed E-state index contributed by atoms with van der Waals surface area (Å²) in [6.07, 6.45) is 3.60. The second-order valence-corrected chi connectivity index (χ2v) is 4.86. The first kappa shape index (κ1) is 11.1. The normalized spacial score (nSPS) is 29.4. The first-order valence-corrected chi connectivity index (χ1v) is 5.56. The van der Waals surface area contributed by atoms with Crippen LogP contribution in [0.25, 0.3) is 0 Å². The Balaban J connectivity index is 2.80. The Hall–Kier alpha value is -0.950. The molecule has 0 aliphatic heterocycles. The molecule has 0 unspecified atom stereocenters. The number of nitriles is 1. The summed E-state index contributed by atoms with van der Waals surface area (Å²) in [5, 5.41) is 17.6. The summed E-state index contributed by atoms with van der Waals surface area (Å²) in [7, 11) is 0. The molecule has 1 saturated carbocycles. The number of carboxylic acid groups (broad SMARTS) is 1. The van der Waals surface area contributed by atoms with Crippen LogP contribution in [0.5, 0.6) is 0 Å². The predicted octanol–water partition coefficient (Wildman–Crippen LogP) is 2.11. The lowest BCUT2D eigenvalue weighted by atomic mass is 10.1. The molecule has 1 rings (SSSR count). The third-order valence-electron chi connectivity index (χ3n) is 2.84. The molecule has 1 aliphatic carbocycles. The Morgan fingerprint density at radius 3 is 2.50 bits per heavy atom. The SMILES string of the molecule is CS/C(C#N)=C\[C@@H]1[C@@H](C(=O)O)C1(C)C. The van der Waals surface area contributed by atoms with E-state index in [1.807, 2.05) is 20.1 Å². The van der Waals surface area contributed by atoms with Gasteiger partial charge in [0.1, 0.15) is 6.07 Å². The van der Waals surface area contributed by atoms with Gasteiger partial charge in [0, 0.05) is 0 Å². The van der Waals surface area contributed by atoms with E-state index in [1.54, 1.807) is 6.08 Å². The lowest BCUT2D eigenvalue weighted by Crippen LogP contribution is -2.03. The highest BCUT2D eigenvalue weighted by molar-refractivity contribution is 8.02. The van der Waals surface area contributed by atoms with E-state index in [-0.39, 0.29) is 17.3 Å². The Bertz CT molecular complexity index is 328. The van der Waals surface area contributed by atoms with Crippen molar-refractivity contribution < 1.29 is 9.90 Å². The molecule has 14 heavy (non-hydrogen) atoms. The van der Waals surface area contributed by atoms with Gasteiger partial charge in [-0.3, -0.25) is 4.79 Å². The van der Waals surface area contributed by atoms with Crippen LogP contribution in [0.15, 0.2) is 11.0 Å². The molecule has 0 spiro atoms. The molecular weight excluding hydrogens is 198 g/mol. The van der Waals surface area contributed by atoms with Crippen molar-refractivity contribution in [2.45, 2.75) is 13.8 Å². The van der Waals surface area contributed by atoms with Gasteiger partial charge < -0.3 is 5.11 Å². The molecule has 0 aromatic carbocycles. The largest absolute Gasteiger partial charge is 0.481 e. The van der Waals surface area contributed by atoms with Crippen LogP contribution >= 0.6 is 11.8 Å². The number of allylic oxidation sites excluding steroid dienone is 2. The lowest BCUT2D eigenvalue weighted by molar-refractivity contribution is -0.139. The third-order valence-corrected chi connectivity index (χ3v) is 3.50. The van der Waals surface area contributed by atoms with Gasteiger partial charge in [-0.2, -0.15) is 5.26 Å². The fourth-order valence-corrected chi connectivity index (χ4v) is 2.15. The van der Waals surface area contributed by atoms with Gasteiger partial charge in [0.2, 0.25) is 0 Å². The summed E-state index contributed by atoms with van der Waals surface area (Å²) >= 11 is 1.36. The highest BCUT2D eigenvalue weighted by atomic mass is 32.2. The lowest BCUT2D eigenvalue weighted by Gasteiger charge is -1.97. The van der Waals surface area contributed by atoms with Crippen molar-refractivity contribution in [3.63, 3.8) is 0 Å². The maximum atomic E-state index is 10.8. The first-order chi connectivity index (χ1) is 6.45. The van der Waals surface area contributed by atoms with E-state index in [9.17, 15) is 4.79 Å². The van der Waals surface area contributed by atoms with Crippen LogP contribution < -0.4 is 0 Å². The van der Waals surface area contributed by atoms with Crippen molar-refractivity contribution in [3.8, 4) is 6.07 Å². The van der Waals surface area contributed by atoms with E-state index < -0.39 is 5.97 Å². The molecular formula is C10H13NO2S. The summed E-state index contributed by atoms with van der Waals surface area (Å²) < 4.78 is 0. The zero-order valence-electron chi connectivity index (χ0n) is 8.44. The maximum Gasteiger partial charge on any atom is 0.307 e. The van der Waals surface area contributed by atoms with Gasteiger partial charge in [0.25, 0.3) is 0 Å². The number of aliphatic carboxylic acids is 1. The summed E-state index contributed by atoms with van der Waals surface area (Å²) in [5.41, 5.74) is -0.205. The van der Waals surface area contributed by atoms with Gasteiger partial charge >= 0.3 is 5.97 Å². The van der Waals surface area contributed by atoms with Crippen molar-refractivity contribution >= 4 is 17.7 Å². The van der Waals surface area contributed by atoms with Crippen LogP contribution in [0.4, 0.5) is 0 Å². The summed E-state index contributed by atoms with van der Waals surface area (Å²) in [5.74, 6) is -1.10. The second-order valence-electron chi connectivity index (χ2n) is 4.01. The first-order valence-electron chi connectivity index (χ1n) is 4.34. The van der Waals surface area contributed by atoms with E-state index >= 15 is 0 Å². The van der Waals surface area contributed by atoms with E-state index in [0.717, 1.165) is 0 Å². The van der Waals surface area contributed by atoms with Gasteiger partial charge in [-0.25, -0.2) is 0 Å². The number of nitrogens with zero attached hydrogens (tertiary/aromatic N) is 1. The average molecular weight is 211 g/mol. The molecule has 0 amide bonds. The summed E-state index contributed by atoms with van der Waals surface area (Å²) in [6.45, 7) is 3.84. The van der Waals surface area contributed by atoms with Crippen molar-refractivity contribution in [1.82, 2.24) is 0 Å². The van der Waals surface area contributed by atoms with Crippen LogP contribution in [-0.4, -0.2) is 17.3 Å². The highest BCUT2D eigenvalue weighted by Crippen LogP contribution is 2.59. The van der Waals surface area contributed by atoms with Crippen LogP contribution in [0.1, 0.15) is 13.8 Å². The summed E-state index contributed by atoms with van der Waals surface area (Å²) in [6, 6.07) is 2.05. The molecule has 0 aromatic heterocycles. The third kappa shape index (κ3) is 1.78. The van der Waals surface area contributed by atoms with Gasteiger partial charge in [-0.1, -0.05) is 19.9 Å². The van der Waals surface area contributed by atoms with Crippen molar-refractivity contribution in [2.75, 3.05) is 6.26 Å². The number of carbonyl (C=O) groups is 1. The van der Waals surface area contributed by atoms with E-state index in [2.05, 4.69) is 6.07 Å². The molecule has 1 fully saturated rings. The number of hydrogen-bond acceptors (Lipinski definition) is 3. The second kappa shape index (κ2) is 3.66. The Morgan fingerprint density at radius 1 is 1.64 bits per heavy atom. The smallest absolute Gasteiger partial charge is 0.307 e. The van der Waals surface area contributed by atoms with Gasteiger partial charge in [0.05, 0.1) is 10.8 Å². The standard InChI is InChI=1S/C10H13NO2S/c1-10(2)7(8(10)9(12)13)4-6(5-11)14-3/h4,7-8H,1-3H3,(H,12,13)/b6-4-/t7-,8+/m1/s1. The Morgan fingerprint density at radius 2 is 2.21 bits per heavy atom. The predicted molar refractivity (Wildman–Crippen MR) is 55.6 cm³/mol. The van der Waals surface area contributed by atoms with Crippen molar-refractivity contribution in [3.05, 3.63) is 11.0 Å². The zero-order valence-corrected chi connectivity index (χ0v) is 9.26. The Labute approximate surface area is 87.8 Å². The molecule has 0 bridgehead atoms. The molecule has 2 atom stereocenters. The van der Waals surface area contributed by atoms with Crippen LogP contribution in [0.2, 0.25) is 0 Å². The molecule has 76 valence electrons. The van der Waals surface area contributed by atoms with Crippen LogP contribution in [-0.2, 0) is 4.79 Å². The molecule has 0 radical (unpaired) electrons. The molecule has 0 heterocycles. The topological polar surface area (TPSA) is 61.1 Å². The molecule has 4 heteroatoms.